The molecule has 124 valence electrons. The van der Waals surface area contributed by atoms with E-state index >= 15 is 0 Å². The van der Waals surface area contributed by atoms with Gasteiger partial charge in [0.1, 0.15) is 0 Å². The van der Waals surface area contributed by atoms with Crippen LogP contribution in [0, 0.1) is 30.6 Å². The number of pyridine rings is 2. The zero-order valence-electron chi connectivity index (χ0n) is 11.4. The average molecular weight is 328 g/mol. The van der Waals surface area contributed by atoms with E-state index in [-0.39, 0.29) is 0 Å². The zero-order chi connectivity index (χ0) is 17.9. The summed E-state index contributed by atoms with van der Waals surface area (Å²) in [7, 11) is 0. The fraction of sp³-hybridized carbons (Fsp3) is 0.0909. The molecule has 0 aliphatic rings. The van der Waals surface area contributed by atoms with Gasteiger partial charge in [0, 0.05) is 24.3 Å². The Kier molecular flexibility index (Phi) is 8.14. The van der Waals surface area contributed by atoms with Crippen molar-refractivity contribution in [1.29, 1.82) is 0 Å². The number of aromatic amines is 2. The van der Waals surface area contributed by atoms with Crippen molar-refractivity contribution in [2.45, 2.75) is 5.79 Å². The number of aliphatic hydroxyl groups is 2. The Morgan fingerprint density at radius 3 is 1.30 bits per heavy atom. The number of aromatic nitrogens is 2. The largest absolute Gasteiger partial charge is 0.356 e. The molecule has 4 N–H and O–H groups in total. The Morgan fingerprint density at radius 1 is 0.783 bits per heavy atom. The third-order valence-corrected chi connectivity index (χ3v) is 2.17. The summed E-state index contributed by atoms with van der Waals surface area (Å²) in [6.07, 6.45) is 3.28. The first-order chi connectivity index (χ1) is 10.7. The second-order valence-corrected chi connectivity index (χ2v) is 3.67. The topological polar surface area (TPSA) is 201 Å². The SMILES string of the molecule is O=[N+]([O-])[O-].O=[N+]([O-])[O-].OC(O)(c1cccc[nH+]1)c1cccc[nH+]1. The molecule has 0 atom stereocenters. The smallest absolute Gasteiger partial charge is 0.338 e. The highest BCUT2D eigenvalue weighted by atomic mass is 16.9. The Morgan fingerprint density at radius 2 is 1.09 bits per heavy atom. The maximum absolute atomic E-state index is 9.95. The third-order valence-electron chi connectivity index (χ3n) is 2.17. The van der Waals surface area contributed by atoms with Crippen molar-refractivity contribution < 1.29 is 30.4 Å². The van der Waals surface area contributed by atoms with Crippen LogP contribution in [0.15, 0.2) is 48.8 Å². The average Bonchev–Trinajstić information content (AvgIpc) is 2.48. The molecule has 0 aliphatic heterocycles. The lowest BCUT2D eigenvalue weighted by molar-refractivity contribution is -0.459. The van der Waals surface area contributed by atoms with E-state index in [1.54, 1.807) is 48.8 Å². The van der Waals surface area contributed by atoms with E-state index < -0.39 is 16.0 Å². The summed E-state index contributed by atoms with van der Waals surface area (Å²) in [4.78, 5) is 22.1. The van der Waals surface area contributed by atoms with Crippen LogP contribution in [0.1, 0.15) is 11.4 Å². The summed E-state index contributed by atoms with van der Waals surface area (Å²) >= 11 is 0. The molecule has 2 aromatic rings. The molecule has 0 amide bonds. The first-order valence-electron chi connectivity index (χ1n) is 5.70. The minimum atomic E-state index is -2.03. The van der Waals surface area contributed by atoms with Gasteiger partial charge >= 0.3 is 5.79 Å². The normalized spacial score (nSPS) is 9.48. The molecular weight excluding hydrogens is 316 g/mol. The molecule has 23 heavy (non-hydrogen) atoms. The molecule has 12 heteroatoms. The van der Waals surface area contributed by atoms with Crippen molar-refractivity contribution in [2.75, 3.05) is 0 Å². The minimum absolute atomic E-state index is 0.312. The molecular formula is C11H12N4O8. The number of hydrogen-bond acceptors (Lipinski definition) is 8. The molecule has 0 saturated heterocycles. The van der Waals surface area contributed by atoms with Gasteiger partial charge in [0.25, 0.3) is 11.4 Å². The minimum Gasteiger partial charge on any atom is -0.356 e. The molecule has 2 aromatic heterocycles. The molecule has 12 nitrogen and oxygen atoms in total. The molecule has 2 rings (SSSR count). The fourth-order valence-corrected chi connectivity index (χ4v) is 1.37. The number of nitrogens with one attached hydrogen (secondary N) is 2. The summed E-state index contributed by atoms with van der Waals surface area (Å²) < 4.78 is 0. The highest BCUT2D eigenvalue weighted by Gasteiger charge is 2.40. The second-order valence-electron chi connectivity index (χ2n) is 3.67. The van der Waals surface area contributed by atoms with Crippen LogP contribution in [0.25, 0.3) is 0 Å². The van der Waals surface area contributed by atoms with E-state index in [9.17, 15) is 10.2 Å². The number of nitrogens with zero attached hydrogens (tertiary/aromatic N) is 2. The molecule has 0 radical (unpaired) electrons. The summed E-state index contributed by atoms with van der Waals surface area (Å²) in [5.74, 6) is -2.03. The van der Waals surface area contributed by atoms with Crippen LogP contribution < -0.4 is 9.97 Å². The maximum atomic E-state index is 9.95. The molecule has 0 unspecified atom stereocenters. The van der Waals surface area contributed by atoms with Crippen molar-refractivity contribution >= 4 is 0 Å². The Labute approximate surface area is 128 Å². The maximum Gasteiger partial charge on any atom is 0.338 e. The van der Waals surface area contributed by atoms with Gasteiger partial charge in [-0.15, -0.1) is 0 Å². The summed E-state index contributed by atoms with van der Waals surface area (Å²) in [6, 6.07) is 10.2. The lowest BCUT2D eigenvalue weighted by Crippen LogP contribution is -2.38. The van der Waals surface area contributed by atoms with E-state index in [0.717, 1.165) is 0 Å². The van der Waals surface area contributed by atoms with Crippen LogP contribution in [-0.2, 0) is 5.79 Å². The molecule has 0 saturated carbocycles. The van der Waals surface area contributed by atoms with Gasteiger partial charge in [0.2, 0.25) is 0 Å². The summed E-state index contributed by atoms with van der Waals surface area (Å²) in [5.41, 5.74) is 0.625. The molecule has 0 fully saturated rings. The lowest BCUT2D eigenvalue weighted by atomic mass is 10.1. The van der Waals surface area contributed by atoms with E-state index in [1.807, 2.05) is 0 Å². The number of H-pyrrole nitrogens is 2. The van der Waals surface area contributed by atoms with Crippen LogP contribution in [-0.4, -0.2) is 20.4 Å². The standard InChI is InChI=1S/C11H10N2O2.2NO3/c14-11(15,9-5-1-3-7-12-9)10-6-2-4-8-13-10;2*2-1(3)4/h1-8,14-15H;;/q;2*-1/p+2. The summed E-state index contributed by atoms with van der Waals surface area (Å²) in [5, 5.41) is 49.4. The van der Waals surface area contributed by atoms with Gasteiger partial charge in [0.15, 0.2) is 12.4 Å². The van der Waals surface area contributed by atoms with Crippen LogP contribution in [0.2, 0.25) is 0 Å². The van der Waals surface area contributed by atoms with Crippen molar-refractivity contribution in [3.05, 3.63) is 90.8 Å². The molecule has 0 spiro atoms. The fourth-order valence-electron chi connectivity index (χ4n) is 1.37. The first kappa shape index (κ1) is 19.6. The monoisotopic (exact) mass is 328 g/mol. The lowest BCUT2D eigenvalue weighted by Gasteiger charge is -2.11. The summed E-state index contributed by atoms with van der Waals surface area (Å²) in [6.45, 7) is 0. The van der Waals surface area contributed by atoms with Gasteiger partial charge in [-0.3, -0.25) is 0 Å². The van der Waals surface area contributed by atoms with E-state index in [0.29, 0.717) is 11.4 Å². The highest BCUT2D eigenvalue weighted by molar-refractivity contribution is 5.15. The van der Waals surface area contributed by atoms with Crippen LogP contribution in [0.5, 0.6) is 0 Å². The van der Waals surface area contributed by atoms with Gasteiger partial charge in [0.05, 0.1) is 10.2 Å². The van der Waals surface area contributed by atoms with Crippen LogP contribution >= 0.6 is 0 Å². The number of hydrogen-bond donors (Lipinski definition) is 2. The van der Waals surface area contributed by atoms with E-state index in [2.05, 4.69) is 9.97 Å². The van der Waals surface area contributed by atoms with Gasteiger partial charge in [-0.25, -0.2) is 9.97 Å². The van der Waals surface area contributed by atoms with Crippen LogP contribution in [0.4, 0.5) is 0 Å². The predicted molar refractivity (Wildman–Crippen MR) is 71.9 cm³/mol. The Balaban J connectivity index is 0.000000509. The first-order valence-corrected chi connectivity index (χ1v) is 5.70. The predicted octanol–water partition coefficient (Wildman–Crippen LogP) is -0.978. The van der Waals surface area contributed by atoms with E-state index in [1.165, 1.54) is 0 Å². The third kappa shape index (κ3) is 8.49. The van der Waals surface area contributed by atoms with Gasteiger partial charge in [-0.1, -0.05) is 0 Å². The van der Waals surface area contributed by atoms with Crippen molar-refractivity contribution in [1.82, 2.24) is 0 Å². The number of rotatable bonds is 2. The van der Waals surface area contributed by atoms with Crippen molar-refractivity contribution in [3.63, 3.8) is 0 Å². The Bertz CT molecular complexity index is 546. The quantitative estimate of drug-likeness (QED) is 0.397. The molecule has 0 bridgehead atoms. The van der Waals surface area contributed by atoms with Gasteiger partial charge in [-0.05, 0) is 12.1 Å². The van der Waals surface area contributed by atoms with Crippen LogP contribution in [0.3, 0.4) is 0 Å². The molecule has 0 aromatic carbocycles. The second kappa shape index (κ2) is 9.54. The van der Waals surface area contributed by atoms with Gasteiger partial charge < -0.3 is 40.9 Å². The van der Waals surface area contributed by atoms with Gasteiger partial charge in [-0.2, -0.15) is 0 Å². The highest BCUT2D eigenvalue weighted by Crippen LogP contribution is 2.18. The van der Waals surface area contributed by atoms with Crippen molar-refractivity contribution in [3.8, 4) is 0 Å². The Hall–Kier alpha value is -3.38. The van der Waals surface area contributed by atoms with Crippen molar-refractivity contribution in [2.24, 2.45) is 0 Å². The van der Waals surface area contributed by atoms with E-state index in [4.69, 9.17) is 30.6 Å². The zero-order valence-corrected chi connectivity index (χ0v) is 11.4. The molecule has 2 heterocycles. The molecule has 0 aliphatic carbocycles.